The molecule has 0 unspecified atom stereocenters. The second-order valence-corrected chi connectivity index (χ2v) is 8.86. The number of hydrogen-bond donors (Lipinski definition) is 0. The van der Waals surface area contributed by atoms with Crippen LogP contribution in [0.3, 0.4) is 0 Å². The average Bonchev–Trinajstić information content (AvgIpc) is 3.43. The van der Waals surface area contributed by atoms with Gasteiger partial charge in [0.05, 0.1) is 11.2 Å². The first kappa shape index (κ1) is 22.1. The largest absolute Gasteiger partial charge is 0.457 e. The molecule has 1 fully saturated rings. The zero-order valence-electron chi connectivity index (χ0n) is 18.6. The summed E-state index contributed by atoms with van der Waals surface area (Å²) in [7, 11) is -0.0748. The highest BCUT2D eigenvalue weighted by atomic mass is 16.7. The predicted molar refractivity (Wildman–Crippen MR) is 120 cm³/mol. The second kappa shape index (κ2) is 9.50. The Morgan fingerprint density at radius 1 is 0.862 bits per heavy atom. The normalized spacial score (nSPS) is 18.0. The lowest BCUT2D eigenvalue weighted by Crippen LogP contribution is -2.41. The van der Waals surface area contributed by atoms with Crippen LogP contribution in [0.5, 0.6) is 11.5 Å². The van der Waals surface area contributed by atoms with Crippen LogP contribution in [-0.2, 0) is 14.0 Å². The molecule has 0 aliphatic carbocycles. The van der Waals surface area contributed by atoms with Crippen LogP contribution in [0.1, 0.15) is 60.3 Å². The van der Waals surface area contributed by atoms with Gasteiger partial charge in [-0.15, -0.1) is 0 Å². The van der Waals surface area contributed by atoms with E-state index < -0.39 is 0 Å². The number of benzene rings is 2. The molecule has 0 aromatic heterocycles. The van der Waals surface area contributed by atoms with E-state index in [1.807, 2.05) is 18.2 Å². The molecule has 0 atom stereocenters. The highest BCUT2D eigenvalue weighted by molar-refractivity contribution is 6.45. The van der Waals surface area contributed by atoms with E-state index in [0.29, 0.717) is 0 Å². The van der Waals surface area contributed by atoms with Gasteiger partial charge in [-0.2, -0.15) is 0 Å². The van der Waals surface area contributed by atoms with Crippen molar-refractivity contribution < 1.29 is 18.8 Å². The van der Waals surface area contributed by atoms with Gasteiger partial charge in [0, 0.05) is 18.6 Å². The SMILES string of the molecule is CCCCCOCCCB1OC(C)(C)C(C)(C)O1.c1ccc2c3c(ccc2c1)O3. The van der Waals surface area contributed by atoms with E-state index in [-0.39, 0.29) is 18.3 Å². The maximum absolute atomic E-state index is 5.93. The molecule has 0 saturated carbocycles. The molecule has 2 aliphatic rings. The topological polar surface area (TPSA) is 40.2 Å². The van der Waals surface area contributed by atoms with Crippen LogP contribution in [0.25, 0.3) is 10.8 Å². The molecule has 0 amide bonds. The van der Waals surface area contributed by atoms with Crippen molar-refractivity contribution in [2.24, 2.45) is 0 Å². The lowest BCUT2D eigenvalue weighted by Gasteiger charge is -2.32. The average molecular weight is 398 g/mol. The van der Waals surface area contributed by atoms with E-state index in [2.05, 4.69) is 52.8 Å². The lowest BCUT2D eigenvalue weighted by molar-refractivity contribution is 0.00578. The highest BCUT2D eigenvalue weighted by Gasteiger charge is 2.50. The number of fused-ring (bicyclic) bond motifs is 3. The molecule has 2 aromatic rings. The summed E-state index contributed by atoms with van der Waals surface area (Å²) in [5.41, 5.74) is -0.417. The van der Waals surface area contributed by atoms with Gasteiger partial charge in [-0.3, -0.25) is 0 Å². The Kier molecular flexibility index (Phi) is 7.25. The van der Waals surface area contributed by atoms with Crippen molar-refractivity contribution in [1.82, 2.24) is 0 Å². The molecule has 0 bridgehead atoms. The van der Waals surface area contributed by atoms with Crippen LogP contribution < -0.4 is 4.74 Å². The smallest absolute Gasteiger partial charge is 0.449 e. The van der Waals surface area contributed by atoms with Gasteiger partial charge >= 0.3 is 7.12 Å². The summed E-state index contributed by atoms with van der Waals surface area (Å²) in [5, 5.41) is 2.48. The second-order valence-electron chi connectivity index (χ2n) is 8.86. The molecule has 4 nitrogen and oxygen atoms in total. The third-order valence-electron chi connectivity index (χ3n) is 5.94. The van der Waals surface area contributed by atoms with Crippen molar-refractivity contribution in [1.29, 1.82) is 0 Å². The minimum Gasteiger partial charge on any atom is -0.449 e. The maximum Gasteiger partial charge on any atom is 0.457 e. The molecule has 1 saturated heterocycles. The molecule has 4 rings (SSSR count). The summed E-state index contributed by atoms with van der Waals surface area (Å²) in [6, 6.07) is 12.3. The highest BCUT2D eigenvalue weighted by Crippen LogP contribution is 2.50. The van der Waals surface area contributed by atoms with Crippen LogP contribution in [0.15, 0.2) is 36.4 Å². The molecule has 0 N–H and O–H groups in total. The Balaban J connectivity index is 0.000000183. The van der Waals surface area contributed by atoms with Crippen LogP contribution in [0, 0.1) is 0 Å². The van der Waals surface area contributed by atoms with Crippen LogP contribution >= 0.6 is 0 Å². The van der Waals surface area contributed by atoms with E-state index >= 15 is 0 Å². The lowest BCUT2D eigenvalue weighted by atomic mass is 9.83. The Bertz CT molecular complexity index is 787. The number of ether oxygens (including phenoxy) is 2. The fourth-order valence-electron chi connectivity index (χ4n) is 3.39. The summed E-state index contributed by atoms with van der Waals surface area (Å²) in [6.45, 7) is 12.3. The van der Waals surface area contributed by atoms with Gasteiger partial charge in [0.15, 0.2) is 11.5 Å². The van der Waals surface area contributed by atoms with Gasteiger partial charge < -0.3 is 18.8 Å². The zero-order chi connectivity index (χ0) is 20.9. The third-order valence-corrected chi connectivity index (χ3v) is 5.94. The molecule has 5 heteroatoms. The summed E-state index contributed by atoms with van der Waals surface area (Å²) >= 11 is 0. The van der Waals surface area contributed by atoms with Gasteiger partial charge in [-0.25, -0.2) is 0 Å². The number of rotatable bonds is 8. The Labute approximate surface area is 176 Å². The fourth-order valence-corrected chi connectivity index (χ4v) is 3.39. The molecule has 2 heterocycles. The molecule has 0 spiro atoms. The summed E-state index contributed by atoms with van der Waals surface area (Å²) < 4.78 is 22.7. The van der Waals surface area contributed by atoms with Gasteiger partial charge in [-0.1, -0.05) is 50.1 Å². The quantitative estimate of drug-likeness (QED) is 0.243. The predicted octanol–water partition coefficient (Wildman–Crippen LogP) is 6.62. The number of hydrogen-bond acceptors (Lipinski definition) is 4. The minimum atomic E-state index is -0.209. The molecular formula is C24H35BO4. The van der Waals surface area contributed by atoms with Crippen molar-refractivity contribution in [3.63, 3.8) is 0 Å². The molecule has 29 heavy (non-hydrogen) atoms. The standard InChI is InChI=1S/C14H29BO3.C10H6O/c1-6-7-8-11-16-12-9-10-15-17-13(2,3)14(4,5)18-15;1-2-4-8-7(3-1)5-6-9-10(8)11-9/h6-12H2,1-5H3;1-6H. The van der Waals surface area contributed by atoms with E-state index in [4.69, 9.17) is 18.8 Å². The summed E-state index contributed by atoms with van der Waals surface area (Å²) in [6.07, 6.45) is 5.60. The third kappa shape index (κ3) is 5.75. The van der Waals surface area contributed by atoms with E-state index in [1.54, 1.807) is 0 Å². The Hall–Kier alpha value is -1.56. The first-order chi connectivity index (χ1) is 13.8. The van der Waals surface area contributed by atoms with E-state index in [1.165, 1.54) is 30.0 Å². The van der Waals surface area contributed by atoms with Gasteiger partial charge in [-0.05, 0) is 58.3 Å². The Morgan fingerprint density at radius 2 is 1.55 bits per heavy atom. The summed E-state index contributed by atoms with van der Waals surface area (Å²) in [5.74, 6) is 2.09. The maximum atomic E-state index is 5.93. The van der Waals surface area contributed by atoms with Crippen molar-refractivity contribution in [3.8, 4) is 11.5 Å². The van der Waals surface area contributed by atoms with Crippen molar-refractivity contribution in [2.75, 3.05) is 13.2 Å². The molecule has 158 valence electrons. The zero-order valence-corrected chi connectivity index (χ0v) is 18.6. The Morgan fingerprint density at radius 3 is 2.28 bits per heavy atom. The van der Waals surface area contributed by atoms with Gasteiger partial charge in [0.2, 0.25) is 0 Å². The van der Waals surface area contributed by atoms with Crippen molar-refractivity contribution in [3.05, 3.63) is 36.4 Å². The van der Waals surface area contributed by atoms with Crippen molar-refractivity contribution >= 4 is 17.9 Å². The minimum absolute atomic E-state index is 0.0748. The molecular weight excluding hydrogens is 363 g/mol. The van der Waals surface area contributed by atoms with E-state index in [0.717, 1.165) is 37.5 Å². The van der Waals surface area contributed by atoms with E-state index in [9.17, 15) is 0 Å². The van der Waals surface area contributed by atoms with Crippen LogP contribution in [0.2, 0.25) is 6.32 Å². The van der Waals surface area contributed by atoms with Crippen LogP contribution in [0.4, 0.5) is 0 Å². The molecule has 2 aliphatic heterocycles. The summed E-state index contributed by atoms with van der Waals surface area (Å²) in [4.78, 5) is 0. The van der Waals surface area contributed by atoms with Gasteiger partial charge in [0.1, 0.15) is 0 Å². The van der Waals surface area contributed by atoms with Crippen molar-refractivity contribution in [2.45, 2.75) is 77.8 Å². The van der Waals surface area contributed by atoms with Gasteiger partial charge in [0.25, 0.3) is 0 Å². The van der Waals surface area contributed by atoms with Crippen LogP contribution in [-0.4, -0.2) is 31.5 Å². The first-order valence-electron chi connectivity index (χ1n) is 11.0. The first-order valence-corrected chi connectivity index (χ1v) is 11.0. The monoisotopic (exact) mass is 398 g/mol. The number of unbranched alkanes of at least 4 members (excludes halogenated alkanes) is 2. The molecule has 2 aromatic carbocycles. The molecule has 0 radical (unpaired) electrons. The fraction of sp³-hybridized carbons (Fsp3) is 0.583.